The molecule has 1 aromatic heterocycles. The number of pyridine rings is 1. The second-order valence-corrected chi connectivity index (χ2v) is 8.64. The topological polar surface area (TPSA) is 74.4 Å². The molecule has 0 aliphatic heterocycles. The number of rotatable bonds is 9. The number of anilines is 1. The van der Waals surface area contributed by atoms with E-state index in [4.69, 9.17) is 4.74 Å². The van der Waals surface area contributed by atoms with Gasteiger partial charge in [-0.1, -0.05) is 49.4 Å². The van der Waals surface area contributed by atoms with E-state index in [0.29, 0.717) is 35.5 Å². The SMILES string of the molecule is CCN(CCOC)Cc1cc(C(=O)Nc2ccc3cc(C)c(=O)[nH]c3c2)ccc1-c1ccccc1.Cl. The number of fused-ring (bicyclic) bond motifs is 1. The molecule has 6 nitrogen and oxygen atoms in total. The zero-order valence-electron chi connectivity index (χ0n) is 20.8. The van der Waals surface area contributed by atoms with Crippen molar-refractivity contribution in [1.29, 1.82) is 0 Å². The minimum Gasteiger partial charge on any atom is -0.383 e. The maximum absolute atomic E-state index is 13.2. The van der Waals surface area contributed by atoms with Crippen LogP contribution in [-0.2, 0) is 11.3 Å². The summed E-state index contributed by atoms with van der Waals surface area (Å²) in [5, 5.41) is 3.90. The number of hydrogen-bond acceptors (Lipinski definition) is 4. The summed E-state index contributed by atoms with van der Waals surface area (Å²) in [5.41, 5.74) is 5.74. The van der Waals surface area contributed by atoms with Crippen molar-refractivity contribution >= 4 is 34.9 Å². The van der Waals surface area contributed by atoms with E-state index in [1.54, 1.807) is 20.1 Å². The molecule has 4 rings (SSSR count). The molecule has 0 radical (unpaired) electrons. The van der Waals surface area contributed by atoms with Gasteiger partial charge in [-0.2, -0.15) is 0 Å². The van der Waals surface area contributed by atoms with Crippen LogP contribution in [0.4, 0.5) is 5.69 Å². The maximum Gasteiger partial charge on any atom is 0.255 e. The van der Waals surface area contributed by atoms with E-state index >= 15 is 0 Å². The van der Waals surface area contributed by atoms with Crippen LogP contribution in [0.3, 0.4) is 0 Å². The number of likely N-dealkylation sites (N-methyl/N-ethyl adjacent to an activating group) is 1. The number of aromatic amines is 1. The number of carbonyl (C=O) groups excluding carboxylic acids is 1. The largest absolute Gasteiger partial charge is 0.383 e. The standard InChI is InChI=1S/C29H31N3O3.ClH/c1-4-32(14-15-35-3)19-24-17-23(11-13-26(24)21-8-6-5-7-9-21)29(34)30-25-12-10-22-16-20(2)28(33)31-27(22)18-25;/h5-13,16-18H,4,14-15,19H2,1-3H3,(H,30,34)(H,31,33);1H. The van der Waals surface area contributed by atoms with E-state index in [2.05, 4.69) is 34.3 Å². The third-order valence-corrected chi connectivity index (χ3v) is 6.19. The van der Waals surface area contributed by atoms with Crippen LogP contribution in [0.2, 0.25) is 0 Å². The molecule has 0 saturated carbocycles. The summed E-state index contributed by atoms with van der Waals surface area (Å²) >= 11 is 0. The first-order valence-electron chi connectivity index (χ1n) is 11.8. The number of H-pyrrole nitrogens is 1. The Labute approximate surface area is 217 Å². The van der Waals surface area contributed by atoms with Crippen LogP contribution < -0.4 is 10.9 Å². The van der Waals surface area contributed by atoms with Crippen molar-refractivity contribution in [3.8, 4) is 11.1 Å². The van der Waals surface area contributed by atoms with Gasteiger partial charge in [0.2, 0.25) is 0 Å². The van der Waals surface area contributed by atoms with Gasteiger partial charge < -0.3 is 15.0 Å². The molecule has 0 unspecified atom stereocenters. The fraction of sp³-hybridized carbons (Fsp3) is 0.241. The summed E-state index contributed by atoms with van der Waals surface area (Å²) in [7, 11) is 1.71. The van der Waals surface area contributed by atoms with Crippen molar-refractivity contribution < 1.29 is 9.53 Å². The molecule has 7 heteroatoms. The highest BCUT2D eigenvalue weighted by molar-refractivity contribution is 6.05. The zero-order valence-corrected chi connectivity index (χ0v) is 21.7. The number of ether oxygens (including phenoxy) is 1. The predicted molar refractivity (Wildman–Crippen MR) is 149 cm³/mol. The molecule has 2 N–H and O–H groups in total. The van der Waals surface area contributed by atoms with Crippen LogP contribution in [0, 0.1) is 6.92 Å². The van der Waals surface area contributed by atoms with E-state index in [-0.39, 0.29) is 23.9 Å². The summed E-state index contributed by atoms with van der Waals surface area (Å²) in [6.07, 6.45) is 0. The van der Waals surface area contributed by atoms with Crippen LogP contribution >= 0.6 is 12.4 Å². The normalized spacial score (nSPS) is 10.9. The van der Waals surface area contributed by atoms with Gasteiger partial charge in [-0.15, -0.1) is 12.4 Å². The lowest BCUT2D eigenvalue weighted by atomic mass is 9.96. The second-order valence-electron chi connectivity index (χ2n) is 8.64. The summed E-state index contributed by atoms with van der Waals surface area (Å²) < 4.78 is 5.27. The Morgan fingerprint density at radius 3 is 2.53 bits per heavy atom. The van der Waals surface area contributed by atoms with Gasteiger partial charge in [-0.3, -0.25) is 14.5 Å². The van der Waals surface area contributed by atoms with Crippen molar-refractivity contribution in [3.63, 3.8) is 0 Å². The molecule has 36 heavy (non-hydrogen) atoms. The third-order valence-electron chi connectivity index (χ3n) is 6.19. The molecule has 4 aromatic rings. The van der Waals surface area contributed by atoms with Crippen LogP contribution in [0.15, 0.2) is 77.6 Å². The second kappa shape index (κ2) is 12.5. The Morgan fingerprint density at radius 1 is 1.03 bits per heavy atom. The Bertz CT molecular complexity index is 1390. The Balaban J connectivity index is 0.00000361. The first-order valence-corrected chi connectivity index (χ1v) is 11.8. The maximum atomic E-state index is 13.2. The van der Waals surface area contributed by atoms with Gasteiger partial charge in [0.05, 0.1) is 12.1 Å². The van der Waals surface area contributed by atoms with Gasteiger partial charge >= 0.3 is 0 Å². The fourth-order valence-corrected chi connectivity index (χ4v) is 4.17. The van der Waals surface area contributed by atoms with Crippen molar-refractivity contribution in [3.05, 3.63) is 99.8 Å². The highest BCUT2D eigenvalue weighted by Crippen LogP contribution is 2.27. The van der Waals surface area contributed by atoms with Crippen molar-refractivity contribution in [2.24, 2.45) is 0 Å². The molecule has 0 aliphatic carbocycles. The molecular formula is C29H32ClN3O3. The quantitative estimate of drug-likeness (QED) is 0.308. The van der Waals surface area contributed by atoms with Crippen LogP contribution in [0.1, 0.15) is 28.4 Å². The summed E-state index contributed by atoms with van der Waals surface area (Å²) in [6, 6.07) is 23.4. The average molecular weight is 506 g/mol. The van der Waals surface area contributed by atoms with Gasteiger partial charge in [0.25, 0.3) is 11.5 Å². The number of benzene rings is 3. The zero-order chi connectivity index (χ0) is 24.8. The molecule has 0 fully saturated rings. The Morgan fingerprint density at radius 2 is 1.81 bits per heavy atom. The molecule has 1 heterocycles. The lowest BCUT2D eigenvalue weighted by Gasteiger charge is -2.22. The van der Waals surface area contributed by atoms with Crippen LogP contribution in [0.25, 0.3) is 22.0 Å². The third kappa shape index (κ3) is 6.40. The highest BCUT2D eigenvalue weighted by atomic mass is 35.5. The van der Waals surface area contributed by atoms with Crippen molar-refractivity contribution in [2.75, 3.05) is 32.1 Å². The van der Waals surface area contributed by atoms with Gasteiger partial charge in [-0.05, 0) is 65.9 Å². The summed E-state index contributed by atoms with van der Waals surface area (Å²) in [5.74, 6) is -0.195. The van der Waals surface area contributed by atoms with Crippen molar-refractivity contribution in [2.45, 2.75) is 20.4 Å². The van der Waals surface area contributed by atoms with Gasteiger partial charge in [0.15, 0.2) is 0 Å². The number of aromatic nitrogens is 1. The molecule has 0 aliphatic rings. The van der Waals surface area contributed by atoms with Gasteiger partial charge in [0, 0.05) is 37.0 Å². The van der Waals surface area contributed by atoms with Crippen LogP contribution in [-0.4, -0.2) is 42.6 Å². The van der Waals surface area contributed by atoms with E-state index in [0.717, 1.165) is 35.2 Å². The summed E-state index contributed by atoms with van der Waals surface area (Å²) in [6.45, 7) is 6.95. The lowest BCUT2D eigenvalue weighted by Crippen LogP contribution is -2.27. The van der Waals surface area contributed by atoms with E-state index in [9.17, 15) is 9.59 Å². The molecule has 0 atom stereocenters. The number of aryl methyl sites for hydroxylation is 1. The monoisotopic (exact) mass is 505 g/mol. The van der Waals surface area contributed by atoms with E-state index < -0.39 is 0 Å². The molecular weight excluding hydrogens is 474 g/mol. The fourth-order valence-electron chi connectivity index (χ4n) is 4.17. The summed E-state index contributed by atoms with van der Waals surface area (Å²) in [4.78, 5) is 30.3. The number of nitrogens with one attached hydrogen (secondary N) is 2. The van der Waals surface area contributed by atoms with Gasteiger partial charge in [-0.25, -0.2) is 0 Å². The lowest BCUT2D eigenvalue weighted by molar-refractivity contribution is 0.102. The number of carbonyl (C=O) groups is 1. The van der Waals surface area contributed by atoms with Crippen LogP contribution in [0.5, 0.6) is 0 Å². The smallest absolute Gasteiger partial charge is 0.255 e. The minimum absolute atomic E-state index is 0. The van der Waals surface area contributed by atoms with E-state index in [1.807, 2.05) is 54.6 Å². The number of nitrogens with zero attached hydrogens (tertiary/aromatic N) is 1. The number of halogens is 1. The first-order chi connectivity index (χ1) is 17.0. The van der Waals surface area contributed by atoms with Crippen molar-refractivity contribution in [1.82, 2.24) is 9.88 Å². The predicted octanol–water partition coefficient (Wildman–Crippen LogP) is 5.65. The Hall–Kier alpha value is -3.45. The van der Waals surface area contributed by atoms with Gasteiger partial charge in [0.1, 0.15) is 0 Å². The molecule has 1 amide bonds. The number of methoxy groups -OCH3 is 1. The molecule has 0 bridgehead atoms. The number of amides is 1. The Kier molecular flexibility index (Phi) is 9.42. The molecule has 0 saturated heterocycles. The highest BCUT2D eigenvalue weighted by Gasteiger charge is 2.14. The molecule has 188 valence electrons. The molecule has 0 spiro atoms. The first kappa shape index (κ1) is 27.1. The van der Waals surface area contributed by atoms with E-state index in [1.165, 1.54) is 0 Å². The minimum atomic E-state index is -0.195. The molecule has 3 aromatic carbocycles. The average Bonchev–Trinajstić information content (AvgIpc) is 2.87. The number of hydrogen-bond donors (Lipinski definition) is 2.